The molecule has 0 atom stereocenters. The number of thioether (sulfide) groups is 1. The van der Waals surface area contributed by atoms with Crippen LogP contribution in [0.15, 0.2) is 27.6 Å². The van der Waals surface area contributed by atoms with Gasteiger partial charge in [0.1, 0.15) is 0 Å². The zero-order valence-electron chi connectivity index (χ0n) is 10.5. The molecule has 1 heterocycles. The molecule has 1 aromatic rings. The molecule has 20 heavy (non-hydrogen) atoms. The fraction of sp³-hybridized carbons (Fsp3) is 0.308. The highest BCUT2D eigenvalue weighted by Crippen LogP contribution is 2.27. The van der Waals surface area contributed by atoms with Crippen molar-refractivity contribution < 1.29 is 19.5 Å². The largest absolute Gasteiger partial charge is 0.478 e. The molecule has 0 unspecified atom stereocenters. The smallest absolute Gasteiger partial charge is 0.336 e. The van der Waals surface area contributed by atoms with Crippen molar-refractivity contribution >= 4 is 45.5 Å². The van der Waals surface area contributed by atoms with Crippen LogP contribution in [0.1, 0.15) is 23.2 Å². The standard InChI is InChI=1S/C13H12BrNO4S/c14-8-3-4-9(13(18)19)10(6-8)20-7-12(17)15-5-1-2-11(15)16/h3-4,6H,1-2,5,7H2,(H,18,19). The van der Waals surface area contributed by atoms with E-state index in [9.17, 15) is 14.4 Å². The summed E-state index contributed by atoms with van der Waals surface area (Å²) in [6, 6.07) is 4.78. The van der Waals surface area contributed by atoms with E-state index in [-0.39, 0.29) is 23.1 Å². The van der Waals surface area contributed by atoms with E-state index in [1.165, 1.54) is 11.0 Å². The van der Waals surface area contributed by atoms with E-state index in [0.29, 0.717) is 24.3 Å². The van der Waals surface area contributed by atoms with Gasteiger partial charge in [-0.05, 0) is 24.6 Å². The third-order valence-corrected chi connectivity index (χ3v) is 4.43. The maximum atomic E-state index is 11.9. The number of benzene rings is 1. The number of likely N-dealkylation sites (tertiary alicyclic amines) is 1. The topological polar surface area (TPSA) is 74.7 Å². The Morgan fingerprint density at radius 1 is 1.40 bits per heavy atom. The first-order valence-corrected chi connectivity index (χ1v) is 7.75. The second kappa shape index (κ2) is 6.41. The van der Waals surface area contributed by atoms with Crippen LogP contribution in [0.25, 0.3) is 0 Å². The number of hydrogen-bond donors (Lipinski definition) is 1. The van der Waals surface area contributed by atoms with Gasteiger partial charge >= 0.3 is 5.97 Å². The van der Waals surface area contributed by atoms with E-state index in [4.69, 9.17) is 5.11 Å². The van der Waals surface area contributed by atoms with Crippen LogP contribution in [0, 0.1) is 0 Å². The van der Waals surface area contributed by atoms with Crippen LogP contribution >= 0.6 is 27.7 Å². The molecular weight excluding hydrogens is 346 g/mol. The third kappa shape index (κ3) is 3.40. The quantitative estimate of drug-likeness (QED) is 0.837. The maximum absolute atomic E-state index is 11.9. The molecule has 1 aromatic carbocycles. The van der Waals surface area contributed by atoms with Crippen molar-refractivity contribution in [3.8, 4) is 0 Å². The minimum absolute atomic E-state index is 0.0580. The normalized spacial score (nSPS) is 14.7. The van der Waals surface area contributed by atoms with Gasteiger partial charge < -0.3 is 5.11 Å². The van der Waals surface area contributed by atoms with Gasteiger partial charge in [0.05, 0.1) is 11.3 Å². The number of amides is 2. The highest BCUT2D eigenvalue weighted by atomic mass is 79.9. The number of carboxylic acids is 1. The Morgan fingerprint density at radius 3 is 2.75 bits per heavy atom. The van der Waals surface area contributed by atoms with Crippen molar-refractivity contribution in [2.45, 2.75) is 17.7 Å². The molecule has 0 spiro atoms. The lowest BCUT2D eigenvalue weighted by Gasteiger charge is -2.13. The maximum Gasteiger partial charge on any atom is 0.336 e. The average molecular weight is 358 g/mol. The lowest BCUT2D eigenvalue weighted by atomic mass is 10.2. The van der Waals surface area contributed by atoms with Crippen LogP contribution in [0.5, 0.6) is 0 Å². The molecule has 1 aliphatic heterocycles. The van der Waals surface area contributed by atoms with Crippen LogP contribution < -0.4 is 0 Å². The van der Waals surface area contributed by atoms with Crippen LogP contribution in [-0.4, -0.2) is 40.1 Å². The number of carboxylic acid groups (broad SMARTS) is 1. The lowest BCUT2D eigenvalue weighted by Crippen LogP contribution is -2.33. The van der Waals surface area contributed by atoms with E-state index in [2.05, 4.69) is 15.9 Å². The van der Waals surface area contributed by atoms with Gasteiger partial charge in [0, 0.05) is 22.3 Å². The van der Waals surface area contributed by atoms with Crippen LogP contribution in [0.4, 0.5) is 0 Å². The minimum atomic E-state index is -1.04. The number of imide groups is 1. The van der Waals surface area contributed by atoms with Gasteiger partial charge in [-0.25, -0.2) is 4.79 Å². The molecule has 2 amide bonds. The average Bonchev–Trinajstić information content (AvgIpc) is 2.82. The number of aromatic carboxylic acids is 1. The van der Waals surface area contributed by atoms with Crippen molar-refractivity contribution in [3.05, 3.63) is 28.2 Å². The molecule has 1 fully saturated rings. The SMILES string of the molecule is O=C(O)c1ccc(Br)cc1SCC(=O)N1CCCC1=O. The van der Waals surface area contributed by atoms with E-state index in [0.717, 1.165) is 16.2 Å². The summed E-state index contributed by atoms with van der Waals surface area (Å²) < 4.78 is 0.745. The Bertz CT molecular complexity index is 575. The van der Waals surface area contributed by atoms with Crippen molar-refractivity contribution in [2.24, 2.45) is 0 Å². The molecule has 1 saturated heterocycles. The molecule has 7 heteroatoms. The number of hydrogen-bond acceptors (Lipinski definition) is 4. The molecule has 106 valence electrons. The summed E-state index contributed by atoms with van der Waals surface area (Å²) in [5.74, 6) is -1.40. The summed E-state index contributed by atoms with van der Waals surface area (Å²) in [5.41, 5.74) is 0.152. The predicted octanol–water partition coefficient (Wildman–Crippen LogP) is 2.39. The van der Waals surface area contributed by atoms with Crippen LogP contribution in [-0.2, 0) is 9.59 Å². The molecule has 2 rings (SSSR count). The first-order chi connectivity index (χ1) is 9.49. The fourth-order valence-electron chi connectivity index (χ4n) is 1.92. The predicted molar refractivity (Wildman–Crippen MR) is 77.8 cm³/mol. The molecular formula is C13H12BrNO4S. The Balaban J connectivity index is 2.07. The lowest BCUT2D eigenvalue weighted by molar-refractivity contribution is -0.140. The van der Waals surface area contributed by atoms with E-state index < -0.39 is 5.97 Å². The second-order valence-corrected chi connectivity index (χ2v) is 6.21. The van der Waals surface area contributed by atoms with Gasteiger partial charge in [-0.1, -0.05) is 15.9 Å². The summed E-state index contributed by atoms with van der Waals surface area (Å²) in [4.78, 5) is 36.2. The zero-order valence-corrected chi connectivity index (χ0v) is 12.9. The summed E-state index contributed by atoms with van der Waals surface area (Å²) >= 11 is 4.40. The number of nitrogens with zero attached hydrogens (tertiary/aromatic N) is 1. The molecule has 0 radical (unpaired) electrons. The molecule has 1 N–H and O–H groups in total. The van der Waals surface area contributed by atoms with E-state index in [1.54, 1.807) is 12.1 Å². The summed E-state index contributed by atoms with van der Waals surface area (Å²) in [6.45, 7) is 0.461. The van der Waals surface area contributed by atoms with Crippen LogP contribution in [0.3, 0.4) is 0 Å². The number of rotatable bonds is 4. The molecule has 1 aliphatic rings. The van der Waals surface area contributed by atoms with Gasteiger partial charge in [-0.3, -0.25) is 14.5 Å². The number of carbonyl (C=O) groups excluding carboxylic acids is 2. The number of halogens is 1. The third-order valence-electron chi connectivity index (χ3n) is 2.90. The van der Waals surface area contributed by atoms with E-state index >= 15 is 0 Å². The summed E-state index contributed by atoms with van der Waals surface area (Å²) in [7, 11) is 0. The summed E-state index contributed by atoms with van der Waals surface area (Å²) in [5, 5.41) is 9.10. The Hall–Kier alpha value is -1.34. The van der Waals surface area contributed by atoms with Gasteiger partial charge in [-0.2, -0.15) is 0 Å². The molecule has 0 bridgehead atoms. The summed E-state index contributed by atoms with van der Waals surface area (Å²) in [6.07, 6.45) is 1.11. The van der Waals surface area contributed by atoms with E-state index in [1.807, 2.05) is 0 Å². The Kier molecular flexibility index (Phi) is 4.82. The highest BCUT2D eigenvalue weighted by molar-refractivity contribution is 9.10. The number of carbonyl (C=O) groups is 3. The molecule has 0 aliphatic carbocycles. The Labute approximate surface area is 128 Å². The molecule has 5 nitrogen and oxygen atoms in total. The first kappa shape index (κ1) is 15.1. The first-order valence-electron chi connectivity index (χ1n) is 5.98. The monoisotopic (exact) mass is 357 g/mol. The van der Waals surface area contributed by atoms with Gasteiger partial charge in [0.25, 0.3) is 0 Å². The molecule has 0 saturated carbocycles. The van der Waals surface area contributed by atoms with Crippen LogP contribution in [0.2, 0.25) is 0 Å². The molecule has 0 aromatic heterocycles. The van der Waals surface area contributed by atoms with Gasteiger partial charge in [0.15, 0.2) is 0 Å². The Morgan fingerprint density at radius 2 is 2.15 bits per heavy atom. The highest BCUT2D eigenvalue weighted by Gasteiger charge is 2.26. The van der Waals surface area contributed by atoms with Crippen molar-refractivity contribution in [1.29, 1.82) is 0 Å². The minimum Gasteiger partial charge on any atom is -0.478 e. The fourth-order valence-corrected chi connectivity index (χ4v) is 3.39. The van der Waals surface area contributed by atoms with Crippen molar-refractivity contribution in [1.82, 2.24) is 4.90 Å². The van der Waals surface area contributed by atoms with Crippen molar-refractivity contribution in [2.75, 3.05) is 12.3 Å². The zero-order chi connectivity index (χ0) is 14.7. The second-order valence-electron chi connectivity index (χ2n) is 4.28. The van der Waals surface area contributed by atoms with Gasteiger partial charge in [-0.15, -0.1) is 11.8 Å². The van der Waals surface area contributed by atoms with Gasteiger partial charge in [0.2, 0.25) is 11.8 Å². The van der Waals surface area contributed by atoms with Crippen molar-refractivity contribution in [3.63, 3.8) is 0 Å².